The van der Waals surface area contributed by atoms with Crippen LogP contribution < -0.4 is 5.32 Å². The Morgan fingerprint density at radius 3 is 3.09 bits per heavy atom. The fourth-order valence-corrected chi connectivity index (χ4v) is 3.39. The minimum Gasteiger partial charge on any atom is -0.358 e. The van der Waals surface area contributed by atoms with Gasteiger partial charge in [-0.2, -0.15) is 0 Å². The van der Waals surface area contributed by atoms with Crippen LogP contribution in [0.5, 0.6) is 0 Å². The summed E-state index contributed by atoms with van der Waals surface area (Å²) in [7, 11) is 1.70. The molecular formula is C18H23N3O. The Bertz CT molecular complexity index is 650. The molecule has 116 valence electrons. The molecule has 0 aliphatic carbocycles. The lowest BCUT2D eigenvalue weighted by atomic mass is 9.90. The maximum absolute atomic E-state index is 11.6. The fourth-order valence-electron chi connectivity index (χ4n) is 3.39. The highest BCUT2D eigenvalue weighted by Gasteiger charge is 2.22. The molecule has 2 heterocycles. The molecule has 1 aromatic carbocycles. The summed E-state index contributed by atoms with van der Waals surface area (Å²) in [5.41, 5.74) is 2.44. The number of hydrogen-bond donors (Lipinski definition) is 1. The first-order valence-electron chi connectivity index (χ1n) is 8.02. The molecule has 1 saturated heterocycles. The second-order valence-electron chi connectivity index (χ2n) is 6.11. The van der Waals surface area contributed by atoms with Crippen LogP contribution in [0.1, 0.15) is 18.4 Å². The molecular weight excluding hydrogens is 274 g/mol. The molecule has 1 atom stereocenters. The van der Waals surface area contributed by atoms with Crippen molar-refractivity contribution in [1.82, 2.24) is 15.2 Å². The van der Waals surface area contributed by atoms with Crippen LogP contribution in [0.2, 0.25) is 0 Å². The average Bonchev–Trinajstić information content (AvgIpc) is 2.55. The van der Waals surface area contributed by atoms with Crippen molar-refractivity contribution in [3.63, 3.8) is 0 Å². The fraction of sp³-hybridized carbons (Fsp3) is 0.444. The number of likely N-dealkylation sites (N-methyl/N-ethyl adjacent to an activating group) is 1. The Morgan fingerprint density at radius 1 is 1.36 bits per heavy atom. The molecule has 0 spiro atoms. The Labute approximate surface area is 131 Å². The number of para-hydroxylation sites is 1. The SMILES string of the molecule is CNC(=O)CN1CCC[C@H](Cc2ccnc3ccccc23)C1. The summed E-state index contributed by atoms with van der Waals surface area (Å²) in [6.07, 6.45) is 5.38. The highest BCUT2D eigenvalue weighted by Crippen LogP contribution is 2.24. The maximum atomic E-state index is 11.6. The number of fused-ring (bicyclic) bond motifs is 1. The predicted octanol–water partition coefficient (Wildman–Crippen LogP) is 2.24. The number of aromatic nitrogens is 1. The van der Waals surface area contributed by atoms with Crippen molar-refractivity contribution >= 4 is 16.8 Å². The minimum atomic E-state index is 0.106. The van der Waals surface area contributed by atoms with E-state index in [2.05, 4.69) is 39.5 Å². The van der Waals surface area contributed by atoms with Crippen molar-refractivity contribution in [2.24, 2.45) is 5.92 Å². The molecule has 0 radical (unpaired) electrons. The zero-order valence-electron chi connectivity index (χ0n) is 13.1. The van der Waals surface area contributed by atoms with Crippen LogP contribution in [0, 0.1) is 5.92 Å². The largest absolute Gasteiger partial charge is 0.358 e. The first-order chi connectivity index (χ1) is 10.8. The van der Waals surface area contributed by atoms with Crippen LogP contribution >= 0.6 is 0 Å². The number of benzene rings is 1. The van der Waals surface area contributed by atoms with Gasteiger partial charge in [0.2, 0.25) is 5.91 Å². The number of carbonyl (C=O) groups is 1. The van der Waals surface area contributed by atoms with E-state index in [1.54, 1.807) is 7.05 Å². The van der Waals surface area contributed by atoms with Gasteiger partial charge in [-0.1, -0.05) is 18.2 Å². The highest BCUT2D eigenvalue weighted by molar-refractivity contribution is 5.81. The van der Waals surface area contributed by atoms with Crippen molar-refractivity contribution in [3.05, 3.63) is 42.1 Å². The number of rotatable bonds is 4. The highest BCUT2D eigenvalue weighted by atomic mass is 16.1. The van der Waals surface area contributed by atoms with Gasteiger partial charge in [0.15, 0.2) is 0 Å². The lowest BCUT2D eigenvalue weighted by molar-refractivity contribution is -0.122. The zero-order valence-corrected chi connectivity index (χ0v) is 13.1. The molecule has 22 heavy (non-hydrogen) atoms. The van der Waals surface area contributed by atoms with Crippen LogP contribution in [0.3, 0.4) is 0 Å². The Kier molecular flexibility index (Phi) is 4.68. The van der Waals surface area contributed by atoms with Crippen molar-refractivity contribution < 1.29 is 4.79 Å². The average molecular weight is 297 g/mol. The van der Waals surface area contributed by atoms with E-state index < -0.39 is 0 Å². The van der Waals surface area contributed by atoms with Crippen LogP contribution in [-0.2, 0) is 11.2 Å². The van der Waals surface area contributed by atoms with Crippen LogP contribution in [0.25, 0.3) is 10.9 Å². The minimum absolute atomic E-state index is 0.106. The van der Waals surface area contributed by atoms with Gasteiger partial charge < -0.3 is 5.32 Å². The summed E-state index contributed by atoms with van der Waals surface area (Å²) in [5.74, 6) is 0.722. The number of piperidine rings is 1. The molecule has 0 bridgehead atoms. The molecule has 1 aliphatic rings. The van der Waals surface area contributed by atoms with Gasteiger partial charge in [-0.25, -0.2) is 0 Å². The molecule has 1 N–H and O–H groups in total. The summed E-state index contributed by atoms with van der Waals surface area (Å²) in [5, 5.41) is 3.97. The van der Waals surface area contributed by atoms with E-state index in [1.807, 2.05) is 12.3 Å². The number of pyridine rings is 1. The number of nitrogens with zero attached hydrogens (tertiary/aromatic N) is 2. The van der Waals surface area contributed by atoms with E-state index in [9.17, 15) is 4.79 Å². The number of likely N-dealkylation sites (tertiary alicyclic amines) is 1. The summed E-state index contributed by atoms with van der Waals surface area (Å²) in [6, 6.07) is 10.5. The second-order valence-corrected chi connectivity index (χ2v) is 6.11. The predicted molar refractivity (Wildman–Crippen MR) is 88.7 cm³/mol. The van der Waals surface area contributed by atoms with Gasteiger partial charge in [-0.15, -0.1) is 0 Å². The van der Waals surface area contributed by atoms with Gasteiger partial charge in [-0.05, 0) is 49.4 Å². The third-order valence-corrected chi connectivity index (χ3v) is 4.50. The van der Waals surface area contributed by atoms with Gasteiger partial charge in [0, 0.05) is 25.2 Å². The van der Waals surface area contributed by atoms with Crippen molar-refractivity contribution in [2.45, 2.75) is 19.3 Å². The molecule has 4 nitrogen and oxygen atoms in total. The van der Waals surface area contributed by atoms with Crippen molar-refractivity contribution in [2.75, 3.05) is 26.7 Å². The lowest BCUT2D eigenvalue weighted by Gasteiger charge is -2.32. The molecule has 2 aromatic rings. The lowest BCUT2D eigenvalue weighted by Crippen LogP contribution is -2.42. The smallest absolute Gasteiger partial charge is 0.233 e. The van der Waals surface area contributed by atoms with Crippen LogP contribution in [0.4, 0.5) is 0 Å². The van der Waals surface area contributed by atoms with Gasteiger partial charge in [0.25, 0.3) is 0 Å². The van der Waals surface area contributed by atoms with E-state index >= 15 is 0 Å². The molecule has 3 rings (SSSR count). The summed E-state index contributed by atoms with van der Waals surface area (Å²) < 4.78 is 0. The van der Waals surface area contributed by atoms with Crippen LogP contribution in [0.15, 0.2) is 36.5 Å². The monoisotopic (exact) mass is 297 g/mol. The Hall–Kier alpha value is -1.94. The van der Waals surface area contributed by atoms with Gasteiger partial charge >= 0.3 is 0 Å². The molecule has 1 fully saturated rings. The Balaban J connectivity index is 1.70. The molecule has 1 aromatic heterocycles. The van der Waals surface area contributed by atoms with E-state index in [4.69, 9.17) is 0 Å². The number of hydrogen-bond acceptors (Lipinski definition) is 3. The number of nitrogens with one attached hydrogen (secondary N) is 1. The van der Waals surface area contributed by atoms with E-state index in [0.717, 1.165) is 25.0 Å². The van der Waals surface area contributed by atoms with Gasteiger partial charge in [0.1, 0.15) is 0 Å². The molecule has 1 amide bonds. The number of carbonyl (C=O) groups excluding carboxylic acids is 1. The molecule has 0 unspecified atom stereocenters. The van der Waals surface area contributed by atoms with E-state index in [1.165, 1.54) is 23.8 Å². The Morgan fingerprint density at radius 2 is 2.23 bits per heavy atom. The normalized spacial score (nSPS) is 19.2. The van der Waals surface area contributed by atoms with E-state index in [0.29, 0.717) is 12.5 Å². The molecule has 0 saturated carbocycles. The van der Waals surface area contributed by atoms with Gasteiger partial charge in [-0.3, -0.25) is 14.7 Å². The number of amides is 1. The topological polar surface area (TPSA) is 45.2 Å². The summed E-state index contributed by atoms with van der Waals surface area (Å²) in [6.45, 7) is 2.55. The molecule has 4 heteroatoms. The summed E-state index contributed by atoms with van der Waals surface area (Å²) >= 11 is 0. The third-order valence-electron chi connectivity index (χ3n) is 4.50. The van der Waals surface area contributed by atoms with E-state index in [-0.39, 0.29) is 5.91 Å². The zero-order chi connectivity index (χ0) is 15.4. The van der Waals surface area contributed by atoms with Crippen molar-refractivity contribution in [1.29, 1.82) is 0 Å². The summed E-state index contributed by atoms with van der Waals surface area (Å²) in [4.78, 5) is 18.3. The maximum Gasteiger partial charge on any atom is 0.233 e. The first kappa shape index (κ1) is 15.0. The first-order valence-corrected chi connectivity index (χ1v) is 8.02. The van der Waals surface area contributed by atoms with Crippen molar-refractivity contribution in [3.8, 4) is 0 Å². The van der Waals surface area contributed by atoms with Gasteiger partial charge in [0.05, 0.1) is 12.1 Å². The molecule has 1 aliphatic heterocycles. The third kappa shape index (κ3) is 3.45. The van der Waals surface area contributed by atoms with Crippen LogP contribution in [-0.4, -0.2) is 42.5 Å². The quantitative estimate of drug-likeness (QED) is 0.941. The standard InChI is InChI=1S/C18H23N3O/c1-19-18(22)13-21-10-4-5-14(12-21)11-15-8-9-20-17-7-3-2-6-16(15)17/h2-3,6-9,14H,4-5,10-13H2,1H3,(H,19,22)/t14-/m1/s1. The second kappa shape index (κ2) is 6.88.